The highest BCUT2D eigenvalue weighted by atomic mass is 19.1. The van der Waals surface area contributed by atoms with Gasteiger partial charge in [0.25, 0.3) is 0 Å². The standard InChI is InChI=1S/C14H21FN2/c15-13-7-5-12(6-8-13)14(11-16)17-9-3-1-2-4-10-17/h5-8,14H,1-4,9-11,16H2/p+2/t14-/m1/s1. The smallest absolute Gasteiger partial charge is 0.162 e. The van der Waals surface area contributed by atoms with E-state index in [-0.39, 0.29) is 5.82 Å². The fourth-order valence-corrected chi connectivity index (χ4v) is 2.83. The van der Waals surface area contributed by atoms with Gasteiger partial charge in [0, 0.05) is 5.56 Å². The SMILES string of the molecule is [NH3+]C[C@H](c1ccc(F)cc1)[NH+]1CCCCCC1. The number of hydrogen-bond donors (Lipinski definition) is 2. The summed E-state index contributed by atoms with van der Waals surface area (Å²) in [6.07, 6.45) is 5.34. The Hall–Kier alpha value is -0.930. The monoisotopic (exact) mass is 238 g/mol. The molecular formula is C14H23FN2+2. The summed E-state index contributed by atoms with van der Waals surface area (Å²) < 4.78 is 12.9. The van der Waals surface area contributed by atoms with Gasteiger partial charge in [0.15, 0.2) is 6.04 Å². The lowest BCUT2D eigenvalue weighted by molar-refractivity contribution is -0.937. The van der Waals surface area contributed by atoms with Crippen LogP contribution in [0, 0.1) is 5.82 Å². The highest BCUT2D eigenvalue weighted by molar-refractivity contribution is 5.18. The molecule has 17 heavy (non-hydrogen) atoms. The second-order valence-electron chi connectivity index (χ2n) is 4.97. The van der Waals surface area contributed by atoms with Gasteiger partial charge in [0.2, 0.25) is 0 Å². The molecule has 0 aromatic heterocycles. The Balaban J connectivity index is 2.11. The molecular weight excluding hydrogens is 215 g/mol. The number of likely N-dealkylation sites (tertiary alicyclic amines) is 1. The van der Waals surface area contributed by atoms with E-state index in [2.05, 4.69) is 5.73 Å². The van der Waals surface area contributed by atoms with E-state index in [1.54, 1.807) is 17.0 Å². The lowest BCUT2D eigenvalue weighted by Crippen LogP contribution is -3.13. The number of quaternary nitrogens is 2. The third-order valence-electron chi connectivity index (χ3n) is 3.80. The molecule has 0 amide bonds. The maximum atomic E-state index is 12.9. The summed E-state index contributed by atoms with van der Waals surface area (Å²) in [6.45, 7) is 3.36. The second kappa shape index (κ2) is 6.12. The van der Waals surface area contributed by atoms with Crippen molar-refractivity contribution in [1.29, 1.82) is 0 Å². The Morgan fingerprint density at radius 3 is 2.18 bits per heavy atom. The second-order valence-corrected chi connectivity index (χ2v) is 4.97. The first-order chi connectivity index (χ1) is 8.31. The van der Waals surface area contributed by atoms with Crippen molar-refractivity contribution in [3.05, 3.63) is 35.6 Å². The first-order valence-electron chi connectivity index (χ1n) is 6.70. The van der Waals surface area contributed by atoms with Crippen LogP contribution in [0.2, 0.25) is 0 Å². The summed E-state index contributed by atoms with van der Waals surface area (Å²) in [5.74, 6) is -0.151. The first kappa shape index (κ1) is 12.5. The fraction of sp³-hybridized carbons (Fsp3) is 0.571. The van der Waals surface area contributed by atoms with Crippen LogP contribution in [0.3, 0.4) is 0 Å². The van der Waals surface area contributed by atoms with Crippen molar-refractivity contribution in [3.63, 3.8) is 0 Å². The number of rotatable bonds is 3. The van der Waals surface area contributed by atoms with Crippen molar-refractivity contribution in [2.45, 2.75) is 31.7 Å². The zero-order chi connectivity index (χ0) is 12.1. The lowest BCUT2D eigenvalue weighted by Gasteiger charge is -2.25. The lowest BCUT2D eigenvalue weighted by atomic mass is 10.0. The van der Waals surface area contributed by atoms with Crippen molar-refractivity contribution in [1.82, 2.24) is 0 Å². The summed E-state index contributed by atoms with van der Waals surface area (Å²) >= 11 is 0. The van der Waals surface area contributed by atoms with E-state index in [1.165, 1.54) is 44.3 Å². The van der Waals surface area contributed by atoms with Crippen LogP contribution in [0.5, 0.6) is 0 Å². The third-order valence-corrected chi connectivity index (χ3v) is 3.80. The zero-order valence-corrected chi connectivity index (χ0v) is 10.4. The Labute approximate surface area is 103 Å². The van der Waals surface area contributed by atoms with Crippen molar-refractivity contribution >= 4 is 0 Å². The average Bonchev–Trinajstić information content (AvgIpc) is 2.62. The van der Waals surface area contributed by atoms with Crippen LogP contribution in [-0.4, -0.2) is 19.6 Å². The molecule has 0 spiro atoms. The molecule has 94 valence electrons. The van der Waals surface area contributed by atoms with Crippen molar-refractivity contribution in [2.75, 3.05) is 19.6 Å². The Bertz CT molecular complexity index is 329. The molecule has 1 atom stereocenters. The molecule has 2 rings (SSSR count). The van der Waals surface area contributed by atoms with Crippen LogP contribution in [0.15, 0.2) is 24.3 Å². The molecule has 1 fully saturated rings. The van der Waals surface area contributed by atoms with E-state index in [0.29, 0.717) is 6.04 Å². The van der Waals surface area contributed by atoms with E-state index in [1.807, 2.05) is 12.1 Å². The number of nitrogens with one attached hydrogen (secondary N) is 1. The van der Waals surface area contributed by atoms with Crippen LogP contribution in [0.4, 0.5) is 4.39 Å². The quantitative estimate of drug-likeness (QED) is 0.772. The zero-order valence-electron chi connectivity index (χ0n) is 10.4. The molecule has 2 nitrogen and oxygen atoms in total. The number of hydrogen-bond acceptors (Lipinski definition) is 0. The molecule has 1 aromatic rings. The molecule has 0 unspecified atom stereocenters. The van der Waals surface area contributed by atoms with Crippen LogP contribution < -0.4 is 10.6 Å². The minimum absolute atomic E-state index is 0.151. The van der Waals surface area contributed by atoms with E-state index in [0.717, 1.165) is 6.54 Å². The van der Waals surface area contributed by atoms with Gasteiger partial charge in [0.05, 0.1) is 13.1 Å². The maximum absolute atomic E-state index is 12.9. The average molecular weight is 238 g/mol. The molecule has 0 aliphatic carbocycles. The van der Waals surface area contributed by atoms with Crippen LogP contribution in [0.1, 0.15) is 37.3 Å². The molecule has 1 saturated heterocycles. The maximum Gasteiger partial charge on any atom is 0.162 e. The Morgan fingerprint density at radius 2 is 1.65 bits per heavy atom. The summed E-state index contributed by atoms with van der Waals surface area (Å²) in [4.78, 5) is 1.63. The van der Waals surface area contributed by atoms with Gasteiger partial charge >= 0.3 is 0 Å². The molecule has 0 saturated carbocycles. The molecule has 0 bridgehead atoms. The number of benzene rings is 1. The summed E-state index contributed by atoms with van der Waals surface area (Å²) in [5.41, 5.74) is 5.31. The molecule has 3 heteroatoms. The predicted molar refractivity (Wildman–Crippen MR) is 66.1 cm³/mol. The van der Waals surface area contributed by atoms with E-state index < -0.39 is 0 Å². The van der Waals surface area contributed by atoms with Crippen LogP contribution >= 0.6 is 0 Å². The van der Waals surface area contributed by atoms with Crippen molar-refractivity contribution < 1.29 is 15.0 Å². The molecule has 1 aliphatic heterocycles. The largest absolute Gasteiger partial charge is 0.352 e. The van der Waals surface area contributed by atoms with Gasteiger partial charge in [0.1, 0.15) is 12.4 Å². The summed E-state index contributed by atoms with van der Waals surface area (Å²) in [7, 11) is 0. The molecule has 4 N–H and O–H groups in total. The summed E-state index contributed by atoms with van der Waals surface area (Å²) in [6, 6.07) is 7.41. The fourth-order valence-electron chi connectivity index (χ4n) is 2.83. The number of halogens is 1. The first-order valence-corrected chi connectivity index (χ1v) is 6.70. The van der Waals surface area contributed by atoms with Gasteiger partial charge in [-0.25, -0.2) is 4.39 Å². The molecule has 1 heterocycles. The van der Waals surface area contributed by atoms with Gasteiger partial charge in [-0.3, -0.25) is 0 Å². The van der Waals surface area contributed by atoms with Gasteiger partial charge in [-0.1, -0.05) is 0 Å². The van der Waals surface area contributed by atoms with Crippen molar-refractivity contribution in [2.24, 2.45) is 0 Å². The van der Waals surface area contributed by atoms with Gasteiger partial charge in [-0.2, -0.15) is 0 Å². The third kappa shape index (κ3) is 3.27. The normalized spacial score (nSPS) is 19.9. The van der Waals surface area contributed by atoms with E-state index >= 15 is 0 Å². The topological polar surface area (TPSA) is 32.1 Å². The summed E-state index contributed by atoms with van der Waals surface area (Å²) in [5, 5.41) is 0. The van der Waals surface area contributed by atoms with Crippen molar-refractivity contribution in [3.8, 4) is 0 Å². The Kier molecular flexibility index (Phi) is 4.51. The van der Waals surface area contributed by atoms with E-state index in [4.69, 9.17) is 0 Å². The molecule has 1 aliphatic rings. The van der Waals surface area contributed by atoms with Crippen LogP contribution in [-0.2, 0) is 0 Å². The minimum atomic E-state index is -0.151. The molecule has 0 radical (unpaired) electrons. The van der Waals surface area contributed by atoms with Crippen LogP contribution in [0.25, 0.3) is 0 Å². The molecule has 1 aromatic carbocycles. The highest BCUT2D eigenvalue weighted by Gasteiger charge is 2.25. The van der Waals surface area contributed by atoms with Gasteiger partial charge < -0.3 is 10.6 Å². The van der Waals surface area contributed by atoms with E-state index in [9.17, 15) is 4.39 Å². The Morgan fingerprint density at radius 1 is 1.06 bits per heavy atom. The predicted octanol–water partition coefficient (Wildman–Crippen LogP) is 0.568. The highest BCUT2D eigenvalue weighted by Crippen LogP contribution is 2.11. The minimum Gasteiger partial charge on any atom is -0.352 e. The van der Waals surface area contributed by atoms with Gasteiger partial charge in [-0.15, -0.1) is 0 Å². The van der Waals surface area contributed by atoms with Gasteiger partial charge in [-0.05, 0) is 49.9 Å².